The first kappa shape index (κ1) is 16.3. The first-order chi connectivity index (χ1) is 10.2. The van der Waals surface area contributed by atoms with Gasteiger partial charge in [0.2, 0.25) is 0 Å². The first-order valence-corrected chi connectivity index (χ1v) is 7.13. The molecule has 1 unspecified atom stereocenters. The number of amides is 1. The molecule has 0 aromatic heterocycles. The largest absolute Gasteiger partial charge is 0.481 e. The number of carbonyl (C=O) groups excluding carboxylic acids is 1. The molecule has 2 rings (SSSR count). The van der Waals surface area contributed by atoms with Crippen molar-refractivity contribution in [1.29, 1.82) is 0 Å². The van der Waals surface area contributed by atoms with Crippen LogP contribution < -0.4 is 0 Å². The minimum atomic E-state index is -0.972. The number of hydrogen-bond acceptors (Lipinski definition) is 3. The van der Waals surface area contributed by atoms with Crippen molar-refractivity contribution in [2.24, 2.45) is 5.92 Å². The van der Waals surface area contributed by atoms with E-state index in [-0.39, 0.29) is 24.8 Å². The van der Waals surface area contributed by atoms with E-state index in [2.05, 4.69) is 0 Å². The molecule has 0 saturated carbocycles. The molecule has 6 heteroatoms. The maximum absolute atomic E-state index is 13.0. The molecule has 2 atom stereocenters. The summed E-state index contributed by atoms with van der Waals surface area (Å²) in [6.45, 7) is 5.61. The molecule has 5 nitrogen and oxygen atoms in total. The molecule has 1 aromatic rings. The minimum absolute atomic E-state index is 0.0896. The number of hydrogen-bond donors (Lipinski definition) is 1. The second kappa shape index (κ2) is 5.94. The van der Waals surface area contributed by atoms with Gasteiger partial charge in [0.25, 0.3) is 0 Å². The SMILES string of the molecule is CC(C)(C)OC(=O)N1CC(c2ccc(F)cc2)[C@H](C(=O)O)C1. The number of nitrogens with zero attached hydrogens (tertiary/aromatic N) is 1. The first-order valence-electron chi connectivity index (χ1n) is 7.13. The number of halogens is 1. The fraction of sp³-hybridized carbons (Fsp3) is 0.500. The minimum Gasteiger partial charge on any atom is -0.481 e. The predicted octanol–water partition coefficient (Wildman–Crippen LogP) is 2.86. The molecular weight excluding hydrogens is 289 g/mol. The number of ether oxygens (including phenoxy) is 1. The van der Waals surface area contributed by atoms with E-state index in [9.17, 15) is 19.1 Å². The van der Waals surface area contributed by atoms with Crippen LogP contribution in [0.1, 0.15) is 32.3 Å². The lowest BCUT2D eigenvalue weighted by Crippen LogP contribution is -2.35. The summed E-state index contributed by atoms with van der Waals surface area (Å²) in [6, 6.07) is 5.72. The van der Waals surface area contributed by atoms with Crippen molar-refractivity contribution in [2.75, 3.05) is 13.1 Å². The quantitative estimate of drug-likeness (QED) is 0.912. The summed E-state index contributed by atoms with van der Waals surface area (Å²) < 4.78 is 18.3. The summed E-state index contributed by atoms with van der Waals surface area (Å²) in [6.07, 6.45) is -0.525. The second-order valence-corrected chi connectivity index (χ2v) is 6.49. The highest BCUT2D eigenvalue weighted by Crippen LogP contribution is 2.33. The number of rotatable bonds is 2. The van der Waals surface area contributed by atoms with Crippen LogP contribution in [0.2, 0.25) is 0 Å². The zero-order chi connectivity index (χ0) is 16.5. The average Bonchev–Trinajstić information content (AvgIpc) is 2.83. The highest BCUT2D eigenvalue weighted by molar-refractivity contribution is 5.75. The molecule has 1 heterocycles. The molecule has 1 fully saturated rings. The summed E-state index contributed by atoms with van der Waals surface area (Å²) in [5.41, 5.74) is 0.0730. The third-order valence-electron chi connectivity index (χ3n) is 3.59. The van der Waals surface area contributed by atoms with Crippen LogP contribution in [-0.4, -0.2) is 40.8 Å². The number of carboxylic acids is 1. The van der Waals surface area contributed by atoms with E-state index in [0.717, 1.165) is 0 Å². The number of likely N-dealkylation sites (tertiary alicyclic amines) is 1. The van der Waals surface area contributed by atoms with Gasteiger partial charge in [0, 0.05) is 19.0 Å². The number of aliphatic carboxylic acids is 1. The van der Waals surface area contributed by atoms with Crippen LogP contribution in [0.25, 0.3) is 0 Å². The second-order valence-electron chi connectivity index (χ2n) is 6.49. The zero-order valence-corrected chi connectivity index (χ0v) is 12.9. The van der Waals surface area contributed by atoms with Gasteiger partial charge in [-0.25, -0.2) is 9.18 Å². The molecule has 1 aliphatic heterocycles. The molecule has 1 aliphatic rings. The highest BCUT2D eigenvalue weighted by atomic mass is 19.1. The van der Waals surface area contributed by atoms with Gasteiger partial charge in [-0.05, 0) is 38.5 Å². The third-order valence-corrected chi connectivity index (χ3v) is 3.59. The van der Waals surface area contributed by atoms with Gasteiger partial charge < -0.3 is 14.7 Å². The van der Waals surface area contributed by atoms with Gasteiger partial charge in [-0.3, -0.25) is 4.79 Å². The summed E-state index contributed by atoms with van der Waals surface area (Å²) in [4.78, 5) is 25.0. The molecular formula is C16H20FNO4. The van der Waals surface area contributed by atoms with Gasteiger partial charge in [0.05, 0.1) is 5.92 Å². The molecule has 1 amide bonds. The van der Waals surface area contributed by atoms with Gasteiger partial charge in [-0.15, -0.1) is 0 Å². The fourth-order valence-corrected chi connectivity index (χ4v) is 2.58. The van der Waals surface area contributed by atoms with E-state index >= 15 is 0 Å². The Labute approximate surface area is 128 Å². The summed E-state index contributed by atoms with van der Waals surface area (Å²) >= 11 is 0. The Kier molecular flexibility index (Phi) is 4.39. The molecule has 1 aromatic carbocycles. The molecule has 1 saturated heterocycles. The fourth-order valence-electron chi connectivity index (χ4n) is 2.58. The monoisotopic (exact) mass is 309 g/mol. The lowest BCUT2D eigenvalue weighted by atomic mass is 9.89. The van der Waals surface area contributed by atoms with Crippen molar-refractivity contribution in [3.05, 3.63) is 35.6 Å². The molecule has 0 radical (unpaired) electrons. The summed E-state index contributed by atoms with van der Waals surface area (Å²) in [7, 11) is 0. The standard InChI is InChI=1S/C16H20FNO4/c1-16(2,3)22-15(21)18-8-12(13(9-18)14(19)20)10-4-6-11(17)7-5-10/h4-7,12-13H,8-9H2,1-3H3,(H,19,20)/t12?,13-/m1/s1. The predicted molar refractivity (Wildman–Crippen MR) is 78.1 cm³/mol. The molecule has 22 heavy (non-hydrogen) atoms. The molecule has 0 bridgehead atoms. The average molecular weight is 309 g/mol. The van der Waals surface area contributed by atoms with E-state index in [1.807, 2.05) is 0 Å². The van der Waals surface area contributed by atoms with Crippen LogP contribution in [0.5, 0.6) is 0 Å². The van der Waals surface area contributed by atoms with Crippen molar-refractivity contribution < 1.29 is 23.8 Å². The van der Waals surface area contributed by atoms with Gasteiger partial charge in [0.15, 0.2) is 0 Å². The molecule has 0 spiro atoms. The lowest BCUT2D eigenvalue weighted by Gasteiger charge is -2.24. The van der Waals surface area contributed by atoms with Crippen LogP contribution in [0.3, 0.4) is 0 Å². The van der Waals surface area contributed by atoms with E-state index < -0.39 is 23.6 Å². The van der Waals surface area contributed by atoms with Crippen LogP contribution >= 0.6 is 0 Å². The van der Waals surface area contributed by atoms with Crippen LogP contribution in [0, 0.1) is 11.7 Å². The Bertz CT molecular complexity index is 565. The van der Waals surface area contributed by atoms with Crippen molar-refractivity contribution >= 4 is 12.1 Å². The molecule has 1 N–H and O–H groups in total. The van der Waals surface area contributed by atoms with Crippen molar-refractivity contribution in [1.82, 2.24) is 4.90 Å². The van der Waals surface area contributed by atoms with E-state index in [1.54, 1.807) is 32.9 Å². The summed E-state index contributed by atoms with van der Waals surface area (Å²) in [5, 5.41) is 9.38. The smallest absolute Gasteiger partial charge is 0.410 e. The van der Waals surface area contributed by atoms with Gasteiger partial charge in [0.1, 0.15) is 11.4 Å². The lowest BCUT2D eigenvalue weighted by molar-refractivity contribution is -0.141. The van der Waals surface area contributed by atoms with Crippen molar-refractivity contribution in [2.45, 2.75) is 32.3 Å². The zero-order valence-electron chi connectivity index (χ0n) is 12.9. The van der Waals surface area contributed by atoms with Gasteiger partial charge in [-0.2, -0.15) is 0 Å². The van der Waals surface area contributed by atoms with Crippen LogP contribution in [-0.2, 0) is 9.53 Å². The number of carboxylic acid groups (broad SMARTS) is 1. The Morgan fingerprint density at radius 3 is 2.32 bits per heavy atom. The normalized spacial score (nSPS) is 21.7. The van der Waals surface area contributed by atoms with E-state index in [4.69, 9.17) is 4.74 Å². The van der Waals surface area contributed by atoms with Crippen LogP contribution in [0.4, 0.5) is 9.18 Å². The van der Waals surface area contributed by atoms with Crippen molar-refractivity contribution in [3.8, 4) is 0 Å². The number of carbonyl (C=O) groups is 2. The van der Waals surface area contributed by atoms with Gasteiger partial charge >= 0.3 is 12.1 Å². The third kappa shape index (κ3) is 3.75. The topological polar surface area (TPSA) is 66.8 Å². The maximum atomic E-state index is 13.0. The maximum Gasteiger partial charge on any atom is 0.410 e. The Hall–Kier alpha value is -2.11. The Morgan fingerprint density at radius 1 is 1.23 bits per heavy atom. The van der Waals surface area contributed by atoms with Crippen LogP contribution in [0.15, 0.2) is 24.3 Å². The van der Waals surface area contributed by atoms with E-state index in [1.165, 1.54) is 17.0 Å². The molecule has 0 aliphatic carbocycles. The Balaban J connectivity index is 2.18. The summed E-state index contributed by atoms with van der Waals surface area (Å²) in [5.74, 6) is -2.44. The van der Waals surface area contributed by atoms with E-state index in [0.29, 0.717) is 5.56 Å². The highest BCUT2D eigenvalue weighted by Gasteiger charge is 2.41. The van der Waals surface area contributed by atoms with Gasteiger partial charge in [-0.1, -0.05) is 12.1 Å². The number of benzene rings is 1. The Morgan fingerprint density at radius 2 is 1.82 bits per heavy atom. The molecule has 120 valence electrons. The van der Waals surface area contributed by atoms with Crippen molar-refractivity contribution in [3.63, 3.8) is 0 Å².